The molecule has 0 aliphatic carbocycles. The van der Waals surface area contributed by atoms with Crippen molar-refractivity contribution in [3.8, 4) is 0 Å². The van der Waals surface area contributed by atoms with E-state index in [1.165, 1.54) is 0 Å². The Morgan fingerprint density at radius 3 is 1.00 bits per heavy atom. The maximum atomic E-state index is 10.3. The summed E-state index contributed by atoms with van der Waals surface area (Å²) >= 11 is 0. The minimum atomic E-state index is -1.04. The van der Waals surface area contributed by atoms with E-state index in [4.69, 9.17) is 0 Å². The molecule has 0 aromatic carbocycles. The average Bonchev–Trinajstić information content (AvgIpc) is 2.28. The maximum absolute atomic E-state index is 10.3. The third-order valence-electron chi connectivity index (χ3n) is 2.70. The molecule has 0 aromatic heterocycles. The fourth-order valence-corrected chi connectivity index (χ4v) is 1.75. The number of hydrogen-bond acceptors (Lipinski definition) is 2. The van der Waals surface area contributed by atoms with E-state index in [2.05, 4.69) is 26.3 Å². The van der Waals surface area contributed by atoms with Gasteiger partial charge >= 0.3 is 0 Å². The summed E-state index contributed by atoms with van der Waals surface area (Å²) < 4.78 is 0. The van der Waals surface area contributed by atoms with Crippen molar-refractivity contribution in [2.45, 2.75) is 36.9 Å². The fraction of sp³-hybridized carbons (Fsp3) is 0.375. The van der Waals surface area contributed by atoms with Crippen LogP contribution in [0.4, 0.5) is 0 Å². The molecule has 0 radical (unpaired) electrons. The van der Waals surface area contributed by atoms with E-state index in [1.807, 2.05) is 0 Å². The van der Waals surface area contributed by atoms with Crippen LogP contribution in [0.3, 0.4) is 0 Å². The highest BCUT2D eigenvalue weighted by atomic mass is 16.3. The van der Waals surface area contributed by atoms with Crippen LogP contribution in [-0.4, -0.2) is 21.4 Å². The zero-order valence-corrected chi connectivity index (χ0v) is 11.0. The summed E-state index contributed by atoms with van der Waals surface area (Å²) in [5.41, 5.74) is -2.08. The summed E-state index contributed by atoms with van der Waals surface area (Å²) in [6.45, 7) is 14.5. The first-order valence-corrected chi connectivity index (χ1v) is 6.04. The molecule has 0 aliphatic rings. The van der Waals surface area contributed by atoms with Crippen molar-refractivity contribution in [2.24, 2.45) is 0 Å². The molecule has 100 valence electrons. The third kappa shape index (κ3) is 5.80. The Morgan fingerprint density at radius 1 is 0.611 bits per heavy atom. The van der Waals surface area contributed by atoms with Crippen molar-refractivity contribution in [1.29, 1.82) is 0 Å². The van der Waals surface area contributed by atoms with Crippen molar-refractivity contribution in [3.63, 3.8) is 0 Å². The molecule has 0 saturated heterocycles. The SMILES string of the molecule is C=CCC(O)(C=CC(O)(CC=C)CC=C)CC=C. The highest BCUT2D eigenvalue weighted by Gasteiger charge is 2.25. The van der Waals surface area contributed by atoms with Gasteiger partial charge in [0, 0.05) is 0 Å². The molecule has 0 atom stereocenters. The Labute approximate surface area is 110 Å². The molecule has 0 fully saturated rings. The van der Waals surface area contributed by atoms with Crippen LogP contribution in [0.1, 0.15) is 25.7 Å². The normalized spacial score (nSPS) is 12.3. The molecular formula is C16H24O2. The first kappa shape index (κ1) is 16.6. The molecule has 0 aliphatic heterocycles. The molecule has 0 rings (SSSR count). The highest BCUT2D eigenvalue weighted by Crippen LogP contribution is 2.24. The van der Waals surface area contributed by atoms with E-state index < -0.39 is 11.2 Å². The van der Waals surface area contributed by atoms with Crippen molar-refractivity contribution in [1.82, 2.24) is 0 Å². The molecule has 0 amide bonds. The fourth-order valence-electron chi connectivity index (χ4n) is 1.75. The number of aliphatic hydroxyl groups is 2. The van der Waals surface area contributed by atoms with Crippen molar-refractivity contribution >= 4 is 0 Å². The standard InChI is InChI=1S/C16H24O2/c1-5-9-15(17,10-6-2)13-14-16(18,11-7-3)12-8-4/h5-8,13-14,17-18H,1-4,9-12H2. The van der Waals surface area contributed by atoms with Crippen molar-refractivity contribution in [2.75, 3.05) is 0 Å². The quantitative estimate of drug-likeness (QED) is 0.582. The maximum Gasteiger partial charge on any atom is 0.0897 e. The summed E-state index contributed by atoms with van der Waals surface area (Å²) in [5.74, 6) is 0. The molecule has 0 spiro atoms. The smallest absolute Gasteiger partial charge is 0.0897 e. The van der Waals surface area contributed by atoms with Crippen LogP contribution in [0, 0.1) is 0 Å². The Bertz CT molecular complexity index is 274. The Morgan fingerprint density at radius 2 is 0.833 bits per heavy atom. The van der Waals surface area contributed by atoms with Crippen LogP contribution < -0.4 is 0 Å². The second-order valence-electron chi connectivity index (χ2n) is 4.51. The van der Waals surface area contributed by atoms with Gasteiger partial charge in [0.15, 0.2) is 0 Å². The second-order valence-corrected chi connectivity index (χ2v) is 4.51. The molecule has 0 bridgehead atoms. The summed E-state index contributed by atoms with van der Waals surface area (Å²) in [4.78, 5) is 0. The van der Waals surface area contributed by atoms with Crippen LogP contribution in [0.25, 0.3) is 0 Å². The summed E-state index contributed by atoms with van der Waals surface area (Å²) in [7, 11) is 0. The lowest BCUT2D eigenvalue weighted by Gasteiger charge is -2.26. The van der Waals surface area contributed by atoms with Gasteiger partial charge < -0.3 is 10.2 Å². The lowest BCUT2D eigenvalue weighted by Crippen LogP contribution is -2.29. The summed E-state index contributed by atoms with van der Waals surface area (Å²) in [5, 5.41) is 20.6. The van der Waals surface area contributed by atoms with E-state index in [-0.39, 0.29) is 0 Å². The Hall–Kier alpha value is -1.38. The van der Waals surface area contributed by atoms with Gasteiger partial charge in [-0.15, -0.1) is 26.3 Å². The summed E-state index contributed by atoms with van der Waals surface area (Å²) in [6.07, 6.45) is 11.5. The molecule has 2 heteroatoms. The van der Waals surface area contributed by atoms with Gasteiger partial charge in [-0.2, -0.15) is 0 Å². The van der Waals surface area contributed by atoms with Crippen LogP contribution in [-0.2, 0) is 0 Å². The number of hydrogen-bond donors (Lipinski definition) is 2. The molecule has 0 aromatic rings. The first-order valence-electron chi connectivity index (χ1n) is 6.04. The number of rotatable bonds is 10. The molecule has 0 saturated carbocycles. The van der Waals surface area contributed by atoms with E-state index in [0.717, 1.165) is 0 Å². The second kappa shape index (κ2) is 7.85. The lowest BCUT2D eigenvalue weighted by molar-refractivity contribution is 0.0794. The van der Waals surface area contributed by atoms with Gasteiger partial charge in [-0.25, -0.2) is 0 Å². The molecule has 18 heavy (non-hydrogen) atoms. The van der Waals surface area contributed by atoms with Crippen LogP contribution >= 0.6 is 0 Å². The first-order chi connectivity index (χ1) is 8.45. The predicted molar refractivity (Wildman–Crippen MR) is 78.3 cm³/mol. The Balaban J connectivity index is 5.00. The highest BCUT2D eigenvalue weighted by molar-refractivity contribution is 5.14. The van der Waals surface area contributed by atoms with Crippen molar-refractivity contribution < 1.29 is 10.2 Å². The topological polar surface area (TPSA) is 40.5 Å². The van der Waals surface area contributed by atoms with Gasteiger partial charge in [0.05, 0.1) is 11.2 Å². The molecule has 0 unspecified atom stereocenters. The Kier molecular flexibility index (Phi) is 7.25. The van der Waals surface area contributed by atoms with Gasteiger partial charge in [-0.05, 0) is 25.7 Å². The van der Waals surface area contributed by atoms with Gasteiger partial charge in [0.25, 0.3) is 0 Å². The van der Waals surface area contributed by atoms with Gasteiger partial charge in [-0.1, -0.05) is 36.5 Å². The monoisotopic (exact) mass is 248 g/mol. The van der Waals surface area contributed by atoms with Crippen LogP contribution in [0.5, 0.6) is 0 Å². The zero-order chi connectivity index (χ0) is 14.1. The lowest BCUT2D eigenvalue weighted by atomic mass is 9.89. The largest absolute Gasteiger partial charge is 0.385 e. The molecule has 2 nitrogen and oxygen atoms in total. The van der Waals surface area contributed by atoms with E-state index >= 15 is 0 Å². The van der Waals surface area contributed by atoms with Gasteiger partial charge in [0.1, 0.15) is 0 Å². The average molecular weight is 248 g/mol. The van der Waals surface area contributed by atoms with E-state index in [0.29, 0.717) is 25.7 Å². The van der Waals surface area contributed by atoms with E-state index in [9.17, 15) is 10.2 Å². The van der Waals surface area contributed by atoms with E-state index in [1.54, 1.807) is 36.5 Å². The van der Waals surface area contributed by atoms with Crippen LogP contribution in [0.15, 0.2) is 62.8 Å². The van der Waals surface area contributed by atoms with Gasteiger partial charge in [0.2, 0.25) is 0 Å². The summed E-state index contributed by atoms with van der Waals surface area (Å²) in [6, 6.07) is 0. The molecular weight excluding hydrogens is 224 g/mol. The zero-order valence-electron chi connectivity index (χ0n) is 11.0. The third-order valence-corrected chi connectivity index (χ3v) is 2.70. The predicted octanol–water partition coefficient (Wildman–Crippen LogP) is 3.31. The molecule has 2 N–H and O–H groups in total. The molecule has 0 heterocycles. The minimum absolute atomic E-state index is 0.410. The van der Waals surface area contributed by atoms with Crippen LogP contribution in [0.2, 0.25) is 0 Å². The van der Waals surface area contributed by atoms with Crippen molar-refractivity contribution in [3.05, 3.63) is 62.8 Å². The van der Waals surface area contributed by atoms with Gasteiger partial charge in [-0.3, -0.25) is 0 Å². The minimum Gasteiger partial charge on any atom is -0.385 e.